The van der Waals surface area contributed by atoms with Gasteiger partial charge in [0.1, 0.15) is 5.82 Å². The van der Waals surface area contributed by atoms with Gasteiger partial charge in [0.05, 0.1) is 10.6 Å². The minimum Gasteiger partial charge on any atom is -0.339 e. The first-order valence-electron chi connectivity index (χ1n) is 10.8. The number of hydrogen-bond donors (Lipinski definition) is 1. The van der Waals surface area contributed by atoms with E-state index in [-0.39, 0.29) is 29.6 Å². The van der Waals surface area contributed by atoms with Crippen molar-refractivity contribution in [2.24, 2.45) is 5.92 Å². The van der Waals surface area contributed by atoms with Gasteiger partial charge in [-0.25, -0.2) is 12.8 Å². The summed E-state index contributed by atoms with van der Waals surface area (Å²) < 4.78 is 47.1. The number of carbonyl (C=O) groups is 1. The second kappa shape index (κ2) is 9.40. The van der Waals surface area contributed by atoms with Crippen molar-refractivity contribution < 1.29 is 22.1 Å². The lowest BCUT2D eigenvalue weighted by molar-refractivity contribution is -0.120. The number of piperidine rings is 1. The van der Waals surface area contributed by atoms with Gasteiger partial charge < -0.3 is 9.84 Å². The van der Waals surface area contributed by atoms with Crippen LogP contribution < -0.4 is 5.32 Å². The monoisotopic (exact) mass is 472 g/mol. The topological polar surface area (TPSA) is 105 Å². The lowest BCUT2D eigenvalue weighted by Crippen LogP contribution is -2.41. The van der Waals surface area contributed by atoms with E-state index in [9.17, 15) is 17.6 Å². The van der Waals surface area contributed by atoms with Crippen molar-refractivity contribution >= 4 is 21.6 Å². The van der Waals surface area contributed by atoms with E-state index >= 15 is 0 Å². The molecule has 174 valence electrons. The Kier molecular flexibility index (Phi) is 6.57. The van der Waals surface area contributed by atoms with Crippen LogP contribution in [0.3, 0.4) is 0 Å². The van der Waals surface area contributed by atoms with Gasteiger partial charge in [0.25, 0.3) is 0 Å². The molecular formula is C23H25FN4O4S. The molecule has 2 heterocycles. The smallest absolute Gasteiger partial charge is 0.243 e. The number of sulfonamides is 1. The van der Waals surface area contributed by atoms with E-state index in [1.165, 1.54) is 16.4 Å². The van der Waals surface area contributed by atoms with E-state index in [2.05, 4.69) is 15.5 Å². The van der Waals surface area contributed by atoms with Crippen LogP contribution in [-0.4, -0.2) is 41.9 Å². The number of anilines is 1. The molecule has 4 rings (SSSR count). The van der Waals surface area contributed by atoms with E-state index in [0.717, 1.165) is 0 Å². The molecule has 0 bridgehead atoms. The summed E-state index contributed by atoms with van der Waals surface area (Å²) in [4.78, 5) is 17.0. The van der Waals surface area contributed by atoms with E-state index in [1.54, 1.807) is 37.3 Å². The summed E-state index contributed by atoms with van der Waals surface area (Å²) in [6.45, 7) is 4.02. The summed E-state index contributed by atoms with van der Waals surface area (Å²) in [6.07, 6.45) is 1.29. The molecule has 1 aliphatic rings. The SMILES string of the molecule is CCc1nc(-c2ccc(C)c(S(=O)(=O)N3CCC(C(=O)Nc4ccccc4F)CC3)c2)no1. The number of rotatable bonds is 6. The summed E-state index contributed by atoms with van der Waals surface area (Å²) >= 11 is 0. The number of nitrogens with one attached hydrogen (secondary N) is 1. The molecule has 10 heteroatoms. The van der Waals surface area contributed by atoms with Crippen molar-refractivity contribution in [1.82, 2.24) is 14.4 Å². The van der Waals surface area contributed by atoms with Crippen LogP contribution in [0.2, 0.25) is 0 Å². The molecule has 0 radical (unpaired) electrons. The number of aromatic nitrogens is 2. The number of benzene rings is 2. The fourth-order valence-electron chi connectivity index (χ4n) is 3.83. The number of aryl methyl sites for hydroxylation is 2. The molecule has 0 unspecified atom stereocenters. The number of amides is 1. The molecule has 1 aromatic heterocycles. The molecule has 3 aromatic rings. The summed E-state index contributed by atoms with van der Waals surface area (Å²) in [6, 6.07) is 11.0. The van der Waals surface area contributed by atoms with Crippen molar-refractivity contribution in [3.05, 3.63) is 59.7 Å². The highest BCUT2D eigenvalue weighted by Gasteiger charge is 2.33. The van der Waals surface area contributed by atoms with Crippen LogP contribution in [0.5, 0.6) is 0 Å². The summed E-state index contributed by atoms with van der Waals surface area (Å²) in [5.41, 5.74) is 1.29. The average Bonchev–Trinajstić information content (AvgIpc) is 3.30. The Morgan fingerprint density at radius 1 is 1.21 bits per heavy atom. The lowest BCUT2D eigenvalue weighted by Gasteiger charge is -2.31. The van der Waals surface area contributed by atoms with Crippen LogP contribution in [-0.2, 0) is 21.2 Å². The molecule has 2 aromatic carbocycles. The van der Waals surface area contributed by atoms with Crippen LogP contribution in [0.1, 0.15) is 31.2 Å². The zero-order chi connectivity index (χ0) is 23.6. The molecule has 1 amide bonds. The lowest BCUT2D eigenvalue weighted by atomic mass is 9.97. The predicted octanol–water partition coefficient (Wildman–Crippen LogP) is 3.79. The van der Waals surface area contributed by atoms with Gasteiger partial charge in [0, 0.05) is 31.0 Å². The normalized spacial score (nSPS) is 15.5. The maximum atomic E-state index is 13.8. The molecule has 1 N–H and O–H groups in total. The zero-order valence-corrected chi connectivity index (χ0v) is 19.2. The van der Waals surface area contributed by atoms with Crippen LogP contribution in [0, 0.1) is 18.7 Å². The predicted molar refractivity (Wildman–Crippen MR) is 120 cm³/mol. The fourth-order valence-corrected chi connectivity index (χ4v) is 5.55. The first kappa shape index (κ1) is 23.1. The molecule has 33 heavy (non-hydrogen) atoms. The van der Waals surface area contributed by atoms with Crippen LogP contribution in [0.4, 0.5) is 10.1 Å². The van der Waals surface area contributed by atoms with E-state index in [0.29, 0.717) is 42.1 Å². The Balaban J connectivity index is 1.47. The highest BCUT2D eigenvalue weighted by Crippen LogP contribution is 2.29. The van der Waals surface area contributed by atoms with Crippen LogP contribution >= 0.6 is 0 Å². The van der Waals surface area contributed by atoms with Crippen LogP contribution in [0.25, 0.3) is 11.4 Å². The fraction of sp³-hybridized carbons (Fsp3) is 0.348. The molecule has 1 aliphatic heterocycles. The molecule has 8 nitrogen and oxygen atoms in total. The highest BCUT2D eigenvalue weighted by atomic mass is 32.2. The van der Waals surface area contributed by atoms with Gasteiger partial charge in [-0.2, -0.15) is 9.29 Å². The number of para-hydroxylation sites is 1. The highest BCUT2D eigenvalue weighted by molar-refractivity contribution is 7.89. The Hall–Kier alpha value is -3.11. The van der Waals surface area contributed by atoms with Gasteiger partial charge in [0.15, 0.2) is 0 Å². The van der Waals surface area contributed by atoms with Gasteiger partial charge in [-0.15, -0.1) is 0 Å². The Labute approximate surface area is 191 Å². The zero-order valence-electron chi connectivity index (χ0n) is 18.4. The number of nitrogens with zero attached hydrogens (tertiary/aromatic N) is 3. The molecule has 0 aliphatic carbocycles. The summed E-state index contributed by atoms with van der Waals surface area (Å²) in [5.74, 6) is -0.388. The first-order chi connectivity index (χ1) is 15.8. The van der Waals surface area contributed by atoms with Crippen molar-refractivity contribution in [2.75, 3.05) is 18.4 Å². The number of halogens is 1. The van der Waals surface area contributed by atoms with Crippen molar-refractivity contribution in [3.63, 3.8) is 0 Å². The average molecular weight is 473 g/mol. The molecule has 1 fully saturated rings. The molecule has 0 spiro atoms. The van der Waals surface area contributed by atoms with Crippen molar-refractivity contribution in [2.45, 2.75) is 38.0 Å². The maximum Gasteiger partial charge on any atom is 0.243 e. The van der Waals surface area contributed by atoms with Gasteiger partial charge in [-0.3, -0.25) is 4.79 Å². The first-order valence-corrected chi connectivity index (χ1v) is 12.2. The summed E-state index contributed by atoms with van der Waals surface area (Å²) in [5, 5.41) is 6.53. The summed E-state index contributed by atoms with van der Waals surface area (Å²) in [7, 11) is -3.78. The largest absolute Gasteiger partial charge is 0.339 e. The maximum absolute atomic E-state index is 13.8. The quantitative estimate of drug-likeness (QED) is 0.585. The Bertz CT molecular complexity index is 1270. The van der Waals surface area contributed by atoms with Crippen molar-refractivity contribution in [3.8, 4) is 11.4 Å². The second-order valence-electron chi connectivity index (χ2n) is 7.99. The second-order valence-corrected chi connectivity index (χ2v) is 9.90. The van der Waals surface area contributed by atoms with E-state index in [4.69, 9.17) is 4.52 Å². The minimum absolute atomic E-state index is 0.123. The van der Waals surface area contributed by atoms with Gasteiger partial charge in [-0.05, 0) is 43.5 Å². The third-order valence-corrected chi connectivity index (χ3v) is 7.83. The Morgan fingerprint density at radius 3 is 2.61 bits per heavy atom. The van der Waals surface area contributed by atoms with Gasteiger partial charge in [-0.1, -0.05) is 36.3 Å². The Morgan fingerprint density at radius 2 is 1.94 bits per heavy atom. The molecular weight excluding hydrogens is 447 g/mol. The van der Waals surface area contributed by atoms with E-state index < -0.39 is 21.8 Å². The third-order valence-electron chi connectivity index (χ3n) is 5.79. The molecule has 1 saturated heterocycles. The molecule has 0 saturated carbocycles. The standard InChI is InChI=1S/C23H25FN4O4S/c1-3-21-26-22(27-32-21)17-9-8-15(2)20(14-17)33(30,31)28-12-10-16(11-13-28)23(29)25-19-7-5-4-6-18(19)24/h4-9,14,16H,3,10-13H2,1-2H3,(H,25,29). The number of hydrogen-bond acceptors (Lipinski definition) is 6. The van der Waals surface area contributed by atoms with Gasteiger partial charge in [0.2, 0.25) is 27.6 Å². The molecule has 0 atom stereocenters. The van der Waals surface area contributed by atoms with Crippen LogP contribution in [0.15, 0.2) is 51.9 Å². The van der Waals surface area contributed by atoms with Gasteiger partial charge >= 0.3 is 0 Å². The number of carbonyl (C=O) groups excluding carboxylic acids is 1. The van der Waals surface area contributed by atoms with E-state index in [1.807, 2.05) is 6.92 Å². The minimum atomic E-state index is -3.78. The van der Waals surface area contributed by atoms with Crippen molar-refractivity contribution in [1.29, 1.82) is 0 Å². The third kappa shape index (κ3) is 4.81.